The standard InChI is InChI=1S/C19H24FN5O2/c1-2-16-22-23-18-19(27)24(14-5-3-4-6-15(14)25(16)18)11-17(26)21-13-9-7-12(20)8-10-13/h7-10,14-15,18,23H,2-6,11H2,1H3,(H,21,26). The molecule has 0 bridgehead atoms. The van der Waals surface area contributed by atoms with Gasteiger partial charge in [0.2, 0.25) is 5.91 Å². The summed E-state index contributed by atoms with van der Waals surface area (Å²) in [5.41, 5.74) is 3.47. The molecule has 2 N–H and O–H groups in total. The quantitative estimate of drug-likeness (QED) is 0.845. The topological polar surface area (TPSA) is 77.0 Å². The van der Waals surface area contributed by atoms with Gasteiger partial charge in [-0.2, -0.15) is 5.10 Å². The molecule has 1 aromatic rings. The van der Waals surface area contributed by atoms with Crippen LogP contribution in [0.15, 0.2) is 29.4 Å². The highest BCUT2D eigenvalue weighted by atomic mass is 19.1. The van der Waals surface area contributed by atoms with Crippen LogP contribution in [-0.4, -0.2) is 52.2 Å². The van der Waals surface area contributed by atoms with E-state index < -0.39 is 6.17 Å². The van der Waals surface area contributed by atoms with E-state index in [1.54, 1.807) is 4.90 Å². The molecule has 2 aliphatic heterocycles. The van der Waals surface area contributed by atoms with E-state index in [0.717, 1.165) is 37.9 Å². The van der Waals surface area contributed by atoms with Crippen LogP contribution in [0, 0.1) is 5.82 Å². The molecule has 144 valence electrons. The van der Waals surface area contributed by atoms with Crippen molar-refractivity contribution in [3.63, 3.8) is 0 Å². The number of fused-ring (bicyclic) bond motifs is 3. The zero-order chi connectivity index (χ0) is 19.0. The number of carbonyl (C=O) groups is 2. The molecule has 3 atom stereocenters. The Morgan fingerprint density at radius 2 is 1.96 bits per heavy atom. The molecule has 1 aromatic carbocycles. The van der Waals surface area contributed by atoms with E-state index in [0.29, 0.717) is 5.69 Å². The third kappa shape index (κ3) is 3.24. The number of hydrazone groups is 1. The second kappa shape index (κ2) is 7.17. The molecule has 2 fully saturated rings. The second-order valence-electron chi connectivity index (χ2n) is 7.26. The van der Waals surface area contributed by atoms with Crippen LogP contribution >= 0.6 is 0 Å². The van der Waals surface area contributed by atoms with Gasteiger partial charge < -0.3 is 15.1 Å². The Morgan fingerprint density at radius 3 is 2.67 bits per heavy atom. The average molecular weight is 373 g/mol. The average Bonchev–Trinajstić information content (AvgIpc) is 3.11. The van der Waals surface area contributed by atoms with Crippen LogP contribution < -0.4 is 10.7 Å². The number of rotatable bonds is 4. The monoisotopic (exact) mass is 373 g/mol. The predicted molar refractivity (Wildman–Crippen MR) is 99.3 cm³/mol. The molecule has 1 saturated carbocycles. The van der Waals surface area contributed by atoms with Crippen LogP contribution in [0.2, 0.25) is 0 Å². The number of nitrogens with zero attached hydrogens (tertiary/aromatic N) is 3. The van der Waals surface area contributed by atoms with E-state index in [1.807, 2.05) is 6.92 Å². The number of benzene rings is 1. The maximum Gasteiger partial charge on any atom is 0.268 e. The molecule has 2 heterocycles. The van der Waals surface area contributed by atoms with Gasteiger partial charge in [-0.05, 0) is 37.1 Å². The van der Waals surface area contributed by atoms with Crippen molar-refractivity contribution in [3.8, 4) is 0 Å². The van der Waals surface area contributed by atoms with E-state index in [-0.39, 0.29) is 36.3 Å². The molecule has 3 aliphatic rings. The Balaban J connectivity index is 1.51. The van der Waals surface area contributed by atoms with Gasteiger partial charge in [-0.1, -0.05) is 19.8 Å². The number of piperazine rings is 1. The zero-order valence-corrected chi connectivity index (χ0v) is 15.3. The highest BCUT2D eigenvalue weighted by Crippen LogP contribution is 2.34. The number of nitrogens with one attached hydrogen (secondary N) is 2. The SMILES string of the molecule is CCC1=NNC2C(=O)N(CC(=O)Nc3ccc(F)cc3)C3CCCCC3N12. The Bertz CT molecular complexity index is 766. The molecule has 0 spiro atoms. The lowest BCUT2D eigenvalue weighted by Crippen LogP contribution is -2.69. The zero-order valence-electron chi connectivity index (χ0n) is 15.3. The largest absolute Gasteiger partial charge is 0.325 e. The maximum absolute atomic E-state index is 13.1. The second-order valence-corrected chi connectivity index (χ2v) is 7.26. The Morgan fingerprint density at radius 1 is 1.26 bits per heavy atom. The van der Waals surface area contributed by atoms with Crippen molar-refractivity contribution < 1.29 is 14.0 Å². The van der Waals surface area contributed by atoms with E-state index >= 15 is 0 Å². The molecule has 27 heavy (non-hydrogen) atoms. The van der Waals surface area contributed by atoms with E-state index in [4.69, 9.17) is 0 Å². The summed E-state index contributed by atoms with van der Waals surface area (Å²) < 4.78 is 13.0. The van der Waals surface area contributed by atoms with Crippen molar-refractivity contribution in [2.75, 3.05) is 11.9 Å². The first-order valence-corrected chi connectivity index (χ1v) is 9.55. The van der Waals surface area contributed by atoms with Gasteiger partial charge in [0.1, 0.15) is 18.2 Å². The van der Waals surface area contributed by atoms with E-state index in [9.17, 15) is 14.0 Å². The van der Waals surface area contributed by atoms with Crippen LogP contribution in [0.3, 0.4) is 0 Å². The summed E-state index contributed by atoms with van der Waals surface area (Å²) in [6.07, 6.45) is 4.30. The predicted octanol–water partition coefficient (Wildman–Crippen LogP) is 1.87. The van der Waals surface area contributed by atoms with Crippen molar-refractivity contribution in [2.45, 2.75) is 57.3 Å². The van der Waals surface area contributed by atoms with Gasteiger partial charge in [0.15, 0.2) is 6.17 Å². The third-order valence-electron chi connectivity index (χ3n) is 5.62. The molecule has 7 nitrogen and oxygen atoms in total. The summed E-state index contributed by atoms with van der Waals surface area (Å²) in [7, 11) is 0. The lowest BCUT2D eigenvalue weighted by Gasteiger charge is -2.51. The van der Waals surface area contributed by atoms with Crippen LogP contribution in [0.4, 0.5) is 10.1 Å². The Kier molecular flexibility index (Phi) is 4.72. The number of anilines is 1. The minimum absolute atomic E-state index is 0.00907. The third-order valence-corrected chi connectivity index (χ3v) is 5.62. The van der Waals surface area contributed by atoms with Gasteiger partial charge in [0.05, 0.1) is 12.1 Å². The number of halogens is 1. The minimum Gasteiger partial charge on any atom is -0.325 e. The highest BCUT2D eigenvalue weighted by molar-refractivity contribution is 5.98. The number of carbonyl (C=O) groups excluding carboxylic acids is 2. The molecule has 2 amide bonds. The maximum atomic E-state index is 13.1. The first-order chi connectivity index (χ1) is 13.1. The fourth-order valence-electron chi connectivity index (χ4n) is 4.41. The van der Waals surface area contributed by atoms with Gasteiger partial charge in [-0.3, -0.25) is 15.0 Å². The smallest absolute Gasteiger partial charge is 0.268 e. The summed E-state index contributed by atoms with van der Waals surface area (Å²) in [6.45, 7) is 2.03. The normalized spacial score (nSPS) is 26.8. The summed E-state index contributed by atoms with van der Waals surface area (Å²) in [4.78, 5) is 29.4. The highest BCUT2D eigenvalue weighted by Gasteiger charge is 2.50. The van der Waals surface area contributed by atoms with Crippen molar-refractivity contribution in [3.05, 3.63) is 30.1 Å². The van der Waals surface area contributed by atoms with E-state index in [1.165, 1.54) is 24.3 Å². The van der Waals surface area contributed by atoms with Crippen LogP contribution in [0.5, 0.6) is 0 Å². The van der Waals surface area contributed by atoms with Crippen molar-refractivity contribution in [1.29, 1.82) is 0 Å². The fourth-order valence-corrected chi connectivity index (χ4v) is 4.41. The van der Waals surface area contributed by atoms with Gasteiger partial charge in [0.25, 0.3) is 5.91 Å². The minimum atomic E-state index is -0.516. The number of amidine groups is 1. The summed E-state index contributed by atoms with van der Waals surface area (Å²) in [5, 5.41) is 7.09. The molecular formula is C19H24FN5O2. The van der Waals surface area contributed by atoms with E-state index in [2.05, 4.69) is 20.7 Å². The van der Waals surface area contributed by atoms with Crippen molar-refractivity contribution in [2.24, 2.45) is 5.10 Å². The Hall–Kier alpha value is -2.64. The van der Waals surface area contributed by atoms with Gasteiger partial charge in [-0.25, -0.2) is 4.39 Å². The molecule has 1 aliphatic carbocycles. The van der Waals surface area contributed by atoms with Crippen LogP contribution in [-0.2, 0) is 9.59 Å². The molecular weight excluding hydrogens is 349 g/mol. The van der Waals surface area contributed by atoms with Crippen LogP contribution in [0.1, 0.15) is 39.0 Å². The summed E-state index contributed by atoms with van der Waals surface area (Å²) >= 11 is 0. The number of hydrogen-bond donors (Lipinski definition) is 2. The lowest BCUT2D eigenvalue weighted by atomic mass is 9.85. The molecule has 1 saturated heterocycles. The lowest BCUT2D eigenvalue weighted by molar-refractivity contribution is -0.151. The summed E-state index contributed by atoms with van der Waals surface area (Å²) in [6, 6.07) is 5.81. The molecule has 0 aromatic heterocycles. The summed E-state index contributed by atoms with van der Waals surface area (Å²) in [5.74, 6) is 0.172. The van der Waals surface area contributed by atoms with Crippen molar-refractivity contribution >= 4 is 23.3 Å². The van der Waals surface area contributed by atoms with Crippen LogP contribution in [0.25, 0.3) is 0 Å². The molecule has 3 unspecified atom stereocenters. The molecule has 8 heteroatoms. The van der Waals surface area contributed by atoms with Gasteiger partial charge in [0, 0.05) is 12.1 Å². The Labute approximate surface area is 157 Å². The first-order valence-electron chi connectivity index (χ1n) is 9.55. The first kappa shape index (κ1) is 17.8. The van der Waals surface area contributed by atoms with Gasteiger partial charge in [-0.15, -0.1) is 0 Å². The van der Waals surface area contributed by atoms with Gasteiger partial charge >= 0.3 is 0 Å². The molecule has 4 rings (SSSR count). The number of amides is 2. The van der Waals surface area contributed by atoms with Crippen molar-refractivity contribution in [1.82, 2.24) is 15.2 Å². The number of hydrogen-bond acceptors (Lipinski definition) is 5. The molecule has 0 radical (unpaired) electrons. The fraction of sp³-hybridized carbons (Fsp3) is 0.526.